The van der Waals surface area contributed by atoms with Crippen LogP contribution in [-0.2, 0) is 14.9 Å². The first-order chi connectivity index (χ1) is 4.19. The number of rotatable bonds is 2. The van der Waals surface area contributed by atoms with Crippen molar-refractivity contribution in [1.29, 1.82) is 0 Å². The molecule has 0 aromatic carbocycles. The minimum Gasteiger partial charge on any atom is -1.00 e. The fourth-order valence-electron chi connectivity index (χ4n) is 0.101. The number of halogens is 3. The predicted molar refractivity (Wildman–Crippen MR) is 28.5 cm³/mol. The van der Waals surface area contributed by atoms with Gasteiger partial charge in [0.15, 0.2) is 0 Å². The van der Waals surface area contributed by atoms with Crippen molar-refractivity contribution in [2.24, 2.45) is 0 Å². The van der Waals surface area contributed by atoms with Crippen LogP contribution >= 0.6 is 11.6 Å². The average molecular weight is 219 g/mol. The van der Waals surface area contributed by atoms with Gasteiger partial charge in [0.05, 0.1) is 0 Å². The van der Waals surface area contributed by atoms with Crippen LogP contribution in [0.2, 0.25) is 0 Å². The Labute approximate surface area is 89.4 Å². The normalized spacial score (nSPS) is 12.0. The van der Waals surface area contributed by atoms with Crippen molar-refractivity contribution >= 4 is 27.0 Å². The van der Waals surface area contributed by atoms with Gasteiger partial charge in [0.2, 0.25) is 0 Å². The van der Waals surface area contributed by atoms with Gasteiger partial charge in [0, 0.05) is 0 Å². The van der Waals surface area contributed by atoms with E-state index in [2.05, 4.69) is 11.6 Å². The minimum absolute atomic E-state index is 0. The van der Waals surface area contributed by atoms with Crippen molar-refractivity contribution in [3.8, 4) is 0 Å². The monoisotopic (exact) mass is 218 g/mol. The Morgan fingerprint density at radius 1 is 1.55 bits per heavy atom. The maximum Gasteiger partial charge on any atom is 1.00 e. The molecule has 0 bridgehead atoms. The topological polar surface area (TPSA) is 71.4 Å². The van der Waals surface area contributed by atoms with Crippen LogP contribution < -0.4 is 29.6 Å². The number of hydrogen-bond donors (Lipinski definition) is 1. The van der Waals surface area contributed by atoms with Crippen molar-refractivity contribution in [1.82, 2.24) is 0 Å². The van der Waals surface area contributed by atoms with Crippen molar-refractivity contribution in [2.75, 3.05) is 0 Å². The van der Waals surface area contributed by atoms with Crippen LogP contribution in [0.5, 0.6) is 0 Å². The van der Waals surface area contributed by atoms with Crippen LogP contribution in [0.3, 0.4) is 0 Å². The summed E-state index contributed by atoms with van der Waals surface area (Å²) in [6.45, 7) is 0. The summed E-state index contributed by atoms with van der Waals surface area (Å²) in [4.78, 5) is 9.59. The van der Waals surface area contributed by atoms with Crippen molar-refractivity contribution in [3.63, 3.8) is 0 Å². The summed E-state index contributed by atoms with van der Waals surface area (Å²) in [7, 11) is -5.72. The second-order valence-corrected chi connectivity index (χ2v) is 3.07. The molecule has 0 saturated heterocycles. The van der Waals surface area contributed by atoms with Crippen molar-refractivity contribution in [2.45, 2.75) is 5.25 Å². The third kappa shape index (κ3) is 3.30. The second kappa shape index (κ2) is 4.11. The molecule has 0 rings (SSSR count). The molecule has 0 saturated carbocycles. The van der Waals surface area contributed by atoms with E-state index in [9.17, 15) is 22.0 Å². The third-order valence-electron chi connectivity index (χ3n) is 0.553. The molecule has 0 aliphatic heterocycles. The van der Waals surface area contributed by atoms with E-state index in [-0.39, 0.29) is 31.0 Å². The first kappa shape index (κ1) is 14.3. The summed E-state index contributed by atoms with van der Waals surface area (Å²) in [5, 5.41) is -7.34. The van der Waals surface area contributed by atoms with Gasteiger partial charge in [-0.1, -0.05) is 0 Å². The largest absolute Gasteiger partial charge is 1.00 e. The summed E-state index contributed by atoms with van der Waals surface area (Å²) in [6, 6.07) is 0. The van der Waals surface area contributed by atoms with Crippen LogP contribution in [0.15, 0.2) is 0 Å². The van der Waals surface area contributed by atoms with Gasteiger partial charge in [-0.05, 0) is 11.6 Å². The molecule has 0 radical (unpaired) electrons. The van der Waals surface area contributed by atoms with Gasteiger partial charge in [-0.3, -0.25) is 9.35 Å². The summed E-state index contributed by atoms with van der Waals surface area (Å²) in [5.41, 5.74) is 0. The van der Waals surface area contributed by atoms with Crippen LogP contribution in [0.4, 0.5) is 8.78 Å². The first-order valence-electron chi connectivity index (χ1n) is 1.74. The van der Waals surface area contributed by atoms with Crippen LogP contribution in [-0.4, -0.2) is 23.5 Å². The maximum atomic E-state index is 11.7. The zero-order valence-electron chi connectivity index (χ0n) is 6.21. The SMILES string of the molecule is O=C(Cl)C(F)(F)S(=O)(=O)O.[H-].[Na+]. The van der Waals surface area contributed by atoms with Crippen molar-refractivity contribution in [3.05, 3.63) is 0 Å². The molecule has 0 aliphatic carbocycles. The fraction of sp³-hybridized carbons (Fsp3) is 0.500. The summed E-state index contributed by atoms with van der Waals surface area (Å²) >= 11 is 4.13. The molecule has 0 spiro atoms. The maximum absolute atomic E-state index is 11.7. The fourth-order valence-corrected chi connectivity index (χ4v) is 0.597. The number of alkyl halides is 2. The molecule has 0 aromatic rings. The van der Waals surface area contributed by atoms with E-state index < -0.39 is 20.6 Å². The molecule has 0 unspecified atom stereocenters. The van der Waals surface area contributed by atoms with E-state index in [1.165, 1.54) is 0 Å². The summed E-state index contributed by atoms with van der Waals surface area (Å²) in [5.74, 6) is 0. The Bertz CT molecular complexity index is 254. The van der Waals surface area contributed by atoms with E-state index in [0.717, 1.165) is 0 Å². The van der Waals surface area contributed by atoms with Crippen LogP contribution in [0, 0.1) is 0 Å². The number of carbonyl (C=O) groups excluding carboxylic acids is 1. The molecule has 0 amide bonds. The molecule has 0 fully saturated rings. The van der Waals surface area contributed by atoms with Gasteiger partial charge in [0.25, 0.3) is 0 Å². The standard InChI is InChI=1S/C2HClF2O4S.Na.H/c3-1(6)2(4,5)10(7,8)9;;/h(H,7,8,9);;/q;+1;-1. The van der Waals surface area contributed by atoms with E-state index >= 15 is 0 Å². The molecule has 4 nitrogen and oxygen atoms in total. The van der Waals surface area contributed by atoms with Gasteiger partial charge < -0.3 is 1.43 Å². The van der Waals surface area contributed by atoms with Gasteiger partial charge in [0.1, 0.15) is 0 Å². The molecule has 1 N–H and O–H groups in total. The Morgan fingerprint density at radius 3 is 1.82 bits per heavy atom. The van der Waals surface area contributed by atoms with E-state index in [0.29, 0.717) is 0 Å². The Hall–Kier alpha value is 0.730. The molecular weight excluding hydrogens is 217 g/mol. The van der Waals surface area contributed by atoms with Gasteiger partial charge in [-0.15, -0.1) is 0 Å². The molecule has 0 aromatic heterocycles. The summed E-state index contributed by atoms with van der Waals surface area (Å²) < 4.78 is 50.3. The minimum atomic E-state index is -5.72. The van der Waals surface area contributed by atoms with Gasteiger partial charge in [-0.25, -0.2) is 0 Å². The molecule has 11 heavy (non-hydrogen) atoms. The number of carbonyl (C=O) groups is 1. The average Bonchev–Trinajstić information content (AvgIpc) is 1.62. The molecule has 9 heteroatoms. The molecule has 0 atom stereocenters. The Kier molecular flexibility index (Phi) is 5.32. The molecule has 62 valence electrons. The van der Waals surface area contributed by atoms with Gasteiger partial charge >= 0.3 is 50.2 Å². The van der Waals surface area contributed by atoms with Crippen LogP contribution in [0.25, 0.3) is 0 Å². The molecular formula is C2H2ClF2NaO4S. The van der Waals surface area contributed by atoms with Crippen LogP contribution in [0.1, 0.15) is 1.43 Å². The second-order valence-electron chi connectivity index (χ2n) is 1.27. The smallest absolute Gasteiger partial charge is 1.00 e. The van der Waals surface area contributed by atoms with E-state index in [1.54, 1.807) is 0 Å². The molecule has 0 heterocycles. The molecule has 0 aliphatic rings. The summed E-state index contributed by atoms with van der Waals surface area (Å²) in [6.07, 6.45) is 0. The van der Waals surface area contributed by atoms with Gasteiger partial charge in [-0.2, -0.15) is 17.2 Å². The van der Waals surface area contributed by atoms with E-state index in [1.807, 2.05) is 0 Å². The van der Waals surface area contributed by atoms with Crippen molar-refractivity contribution < 1.29 is 57.5 Å². The zero-order chi connectivity index (χ0) is 8.58. The van der Waals surface area contributed by atoms with E-state index in [4.69, 9.17) is 4.55 Å². The zero-order valence-corrected chi connectivity index (χ0v) is 8.79. The number of hydrogen-bond acceptors (Lipinski definition) is 3. The quantitative estimate of drug-likeness (QED) is 0.312. The Morgan fingerprint density at radius 2 is 1.82 bits per heavy atom. The first-order valence-corrected chi connectivity index (χ1v) is 3.56. The predicted octanol–water partition coefficient (Wildman–Crippen LogP) is -2.65. The Balaban J connectivity index is -0.000000405. The third-order valence-corrected chi connectivity index (χ3v) is 1.74.